The molecule has 0 aliphatic carbocycles. The normalized spacial score (nSPS) is 18.3. The lowest BCUT2D eigenvalue weighted by atomic mass is 9.96. The third kappa shape index (κ3) is 5.85. The Hall–Kier alpha value is -4.64. The second kappa shape index (κ2) is 12.3. The Labute approximate surface area is 248 Å². The highest BCUT2D eigenvalue weighted by atomic mass is 19.2. The van der Waals surface area contributed by atoms with Gasteiger partial charge < -0.3 is 25.6 Å². The summed E-state index contributed by atoms with van der Waals surface area (Å²) in [5, 5.41) is 3.29. The SMILES string of the molecule is Cc1cc(NC2=NC=CN3C2=NCC3c2ccc(OCc3ccccn3)c(F)c2F)ccc1C(=O)N1CCC(CN)CC1. The number of fused-ring (bicyclic) bond motifs is 1. The molecule has 6 rings (SSSR count). The van der Waals surface area contributed by atoms with Gasteiger partial charge in [0.1, 0.15) is 6.61 Å². The summed E-state index contributed by atoms with van der Waals surface area (Å²) in [6.45, 7) is 4.24. The van der Waals surface area contributed by atoms with Gasteiger partial charge in [-0.1, -0.05) is 12.1 Å². The number of nitrogens with one attached hydrogen (secondary N) is 1. The molecule has 9 nitrogen and oxygen atoms in total. The average molecular weight is 586 g/mol. The first-order chi connectivity index (χ1) is 20.9. The molecule has 0 bridgehead atoms. The molecule has 1 atom stereocenters. The number of aryl methyl sites for hydroxylation is 1. The van der Waals surface area contributed by atoms with E-state index < -0.39 is 17.7 Å². The molecule has 1 amide bonds. The summed E-state index contributed by atoms with van der Waals surface area (Å²) >= 11 is 0. The number of benzene rings is 2. The van der Waals surface area contributed by atoms with Crippen molar-refractivity contribution in [2.75, 3.05) is 31.5 Å². The minimum atomic E-state index is -1.05. The molecule has 4 heterocycles. The fraction of sp³-hybridized carbons (Fsp3) is 0.312. The molecule has 43 heavy (non-hydrogen) atoms. The van der Waals surface area contributed by atoms with E-state index in [-0.39, 0.29) is 30.4 Å². The van der Waals surface area contributed by atoms with Crippen molar-refractivity contribution in [1.29, 1.82) is 0 Å². The lowest BCUT2D eigenvalue weighted by molar-refractivity contribution is 0.0692. The number of pyridine rings is 1. The van der Waals surface area contributed by atoms with Crippen molar-refractivity contribution in [2.45, 2.75) is 32.4 Å². The lowest BCUT2D eigenvalue weighted by Gasteiger charge is -2.32. The van der Waals surface area contributed by atoms with Gasteiger partial charge in [-0.2, -0.15) is 4.39 Å². The second-order valence-electron chi connectivity index (χ2n) is 10.9. The van der Waals surface area contributed by atoms with Crippen LogP contribution in [-0.2, 0) is 6.61 Å². The summed E-state index contributed by atoms with van der Waals surface area (Å²) in [4.78, 5) is 30.0. The van der Waals surface area contributed by atoms with Crippen molar-refractivity contribution in [2.24, 2.45) is 21.6 Å². The molecule has 0 saturated carbocycles. The zero-order valence-electron chi connectivity index (χ0n) is 23.8. The molecule has 3 N–H and O–H groups in total. The van der Waals surface area contributed by atoms with Crippen LogP contribution in [0.1, 0.15) is 46.1 Å². The summed E-state index contributed by atoms with van der Waals surface area (Å²) < 4.78 is 35.8. The maximum Gasteiger partial charge on any atom is 0.254 e. The Balaban J connectivity index is 1.12. The molecule has 3 aromatic rings. The minimum absolute atomic E-state index is 0.0223. The van der Waals surface area contributed by atoms with Gasteiger partial charge in [-0.05, 0) is 74.2 Å². The van der Waals surface area contributed by atoms with Crippen molar-refractivity contribution >= 4 is 23.3 Å². The molecule has 1 unspecified atom stereocenters. The molecule has 2 aromatic carbocycles. The van der Waals surface area contributed by atoms with E-state index >= 15 is 8.78 Å². The monoisotopic (exact) mass is 585 g/mol. The van der Waals surface area contributed by atoms with Crippen molar-refractivity contribution in [3.8, 4) is 5.75 Å². The van der Waals surface area contributed by atoms with Gasteiger partial charge in [-0.15, -0.1) is 0 Å². The Bertz CT molecular complexity index is 1600. The number of carbonyl (C=O) groups is 1. The van der Waals surface area contributed by atoms with Crippen molar-refractivity contribution in [1.82, 2.24) is 14.8 Å². The van der Waals surface area contributed by atoms with Crippen LogP contribution < -0.4 is 15.8 Å². The summed E-state index contributed by atoms with van der Waals surface area (Å²) in [5.41, 5.74) is 8.81. The number of hydrogen-bond acceptors (Lipinski definition) is 8. The first-order valence-electron chi connectivity index (χ1n) is 14.4. The van der Waals surface area contributed by atoms with Crippen LogP contribution in [0.3, 0.4) is 0 Å². The molecule has 3 aliphatic rings. The number of piperidine rings is 1. The number of halogens is 2. The maximum atomic E-state index is 15.3. The topological polar surface area (TPSA) is 108 Å². The predicted octanol–water partition coefficient (Wildman–Crippen LogP) is 4.81. The molecule has 0 spiro atoms. The van der Waals surface area contributed by atoms with E-state index in [4.69, 9.17) is 10.5 Å². The highest BCUT2D eigenvalue weighted by Gasteiger charge is 2.35. The van der Waals surface area contributed by atoms with Gasteiger partial charge in [0, 0.05) is 48.5 Å². The summed E-state index contributed by atoms with van der Waals surface area (Å²) in [6.07, 6.45) is 6.75. The van der Waals surface area contributed by atoms with Crippen LogP contribution in [0.15, 0.2) is 77.1 Å². The predicted molar refractivity (Wildman–Crippen MR) is 161 cm³/mol. The highest BCUT2D eigenvalue weighted by Crippen LogP contribution is 2.34. The summed E-state index contributed by atoms with van der Waals surface area (Å²) in [5.74, 6) is -0.717. The quantitative estimate of drug-likeness (QED) is 0.412. The van der Waals surface area contributed by atoms with Gasteiger partial charge in [0.15, 0.2) is 23.2 Å². The third-order valence-corrected chi connectivity index (χ3v) is 8.13. The number of nitrogens with two attached hydrogens (primary N) is 1. The number of amides is 1. The van der Waals surface area contributed by atoms with E-state index in [1.807, 2.05) is 30.0 Å². The number of anilines is 1. The number of amidine groups is 2. The average Bonchev–Trinajstić information content (AvgIpc) is 3.47. The molecule has 3 aliphatic heterocycles. The maximum absolute atomic E-state index is 15.3. The molecule has 1 fully saturated rings. The summed E-state index contributed by atoms with van der Waals surface area (Å²) in [7, 11) is 0. The van der Waals surface area contributed by atoms with Crippen LogP contribution in [0, 0.1) is 24.5 Å². The number of likely N-dealkylation sites (tertiary alicyclic amines) is 1. The molecule has 1 saturated heterocycles. The smallest absolute Gasteiger partial charge is 0.254 e. The van der Waals surface area contributed by atoms with Crippen LogP contribution in [-0.4, -0.2) is 58.5 Å². The number of ether oxygens (including phenoxy) is 1. The van der Waals surface area contributed by atoms with Crippen LogP contribution in [0.4, 0.5) is 14.5 Å². The van der Waals surface area contributed by atoms with Crippen LogP contribution >= 0.6 is 0 Å². The molecule has 11 heteroatoms. The highest BCUT2D eigenvalue weighted by molar-refractivity contribution is 6.45. The number of nitrogens with zero attached hydrogens (tertiary/aromatic N) is 5. The molecular weight excluding hydrogens is 552 g/mol. The Morgan fingerprint density at radius 1 is 1.12 bits per heavy atom. The van der Waals surface area contributed by atoms with Crippen molar-refractivity contribution in [3.63, 3.8) is 0 Å². The van der Waals surface area contributed by atoms with Crippen LogP contribution in [0.2, 0.25) is 0 Å². The van der Waals surface area contributed by atoms with Gasteiger partial charge in [-0.3, -0.25) is 14.8 Å². The molecule has 0 radical (unpaired) electrons. The zero-order chi connectivity index (χ0) is 29.9. The first-order valence-corrected chi connectivity index (χ1v) is 14.4. The van der Waals surface area contributed by atoms with E-state index in [1.54, 1.807) is 41.7 Å². The lowest BCUT2D eigenvalue weighted by Crippen LogP contribution is -2.40. The largest absolute Gasteiger partial charge is 0.484 e. The Kier molecular flexibility index (Phi) is 8.15. The number of carbonyl (C=O) groups excluding carboxylic acids is 1. The number of aromatic nitrogens is 1. The Morgan fingerprint density at radius 2 is 1.95 bits per heavy atom. The molecular formula is C32H33F2N7O2. The molecule has 1 aromatic heterocycles. The van der Waals surface area contributed by atoms with Gasteiger partial charge in [0.25, 0.3) is 5.91 Å². The van der Waals surface area contributed by atoms with Gasteiger partial charge in [-0.25, -0.2) is 9.38 Å². The minimum Gasteiger partial charge on any atom is -0.484 e. The van der Waals surface area contributed by atoms with Gasteiger partial charge in [0.05, 0.1) is 18.3 Å². The fourth-order valence-electron chi connectivity index (χ4n) is 5.65. The number of rotatable bonds is 7. The zero-order valence-corrected chi connectivity index (χ0v) is 23.8. The van der Waals surface area contributed by atoms with E-state index in [0.717, 1.165) is 24.1 Å². The van der Waals surface area contributed by atoms with E-state index in [9.17, 15) is 4.79 Å². The fourth-order valence-corrected chi connectivity index (χ4v) is 5.65. The van der Waals surface area contributed by atoms with Crippen molar-refractivity contribution in [3.05, 3.63) is 101 Å². The summed E-state index contributed by atoms with van der Waals surface area (Å²) in [6, 6.07) is 13.3. The van der Waals surface area contributed by atoms with E-state index in [2.05, 4.69) is 20.3 Å². The number of aliphatic imine (C=N–C) groups is 2. The van der Waals surface area contributed by atoms with Crippen LogP contribution in [0.5, 0.6) is 5.75 Å². The van der Waals surface area contributed by atoms with E-state index in [1.165, 1.54) is 12.1 Å². The Morgan fingerprint density at radius 3 is 2.70 bits per heavy atom. The standard InChI is InChI=1S/C32H33F2N7O2/c1-20-16-22(5-6-24(20)32(42)40-13-9-21(17-35)10-14-40)39-30-31-38-18-26(41(31)15-12-37-30)25-7-8-27(29(34)28(25)33)43-19-23-4-2-3-11-36-23/h2-8,11-12,15-16,21,26H,9-10,13-14,17-19,35H2,1H3,(H,37,39). The third-order valence-electron chi connectivity index (χ3n) is 8.13. The molecule has 222 valence electrons. The van der Waals surface area contributed by atoms with Gasteiger partial charge >= 0.3 is 0 Å². The first kappa shape index (κ1) is 28.5. The van der Waals surface area contributed by atoms with Crippen LogP contribution in [0.25, 0.3) is 0 Å². The number of hydrogen-bond donors (Lipinski definition) is 2. The van der Waals surface area contributed by atoms with Crippen molar-refractivity contribution < 1.29 is 18.3 Å². The van der Waals surface area contributed by atoms with E-state index in [0.29, 0.717) is 48.5 Å². The van der Waals surface area contributed by atoms with Gasteiger partial charge in [0.2, 0.25) is 5.82 Å². The second-order valence-corrected chi connectivity index (χ2v) is 10.9.